The highest BCUT2D eigenvalue weighted by Gasteiger charge is 2.25. The van der Waals surface area contributed by atoms with Crippen LogP contribution < -0.4 is 4.74 Å². The summed E-state index contributed by atoms with van der Waals surface area (Å²) in [6, 6.07) is 4.09. The monoisotopic (exact) mass is 262 g/mol. The molecule has 0 N–H and O–H groups in total. The van der Waals surface area contributed by atoms with Gasteiger partial charge in [0, 0.05) is 25.7 Å². The standard InChI is InChI=1S/C15H22N2O2/c1-11(2)19-15-8-7-13(10-16-15)14-6-4-5-9-17(14)12(3)18/h7-8,10-11,14H,4-6,9H2,1-3H3/t14-/m0/s1. The molecule has 0 radical (unpaired) electrons. The number of amides is 1. The summed E-state index contributed by atoms with van der Waals surface area (Å²) in [7, 11) is 0. The number of aromatic nitrogens is 1. The van der Waals surface area contributed by atoms with Gasteiger partial charge in [-0.2, -0.15) is 0 Å². The zero-order valence-corrected chi connectivity index (χ0v) is 11.9. The van der Waals surface area contributed by atoms with E-state index in [0.29, 0.717) is 5.88 Å². The normalized spacial score (nSPS) is 19.6. The van der Waals surface area contributed by atoms with Crippen molar-refractivity contribution >= 4 is 5.91 Å². The smallest absolute Gasteiger partial charge is 0.219 e. The molecule has 2 rings (SSSR count). The maximum atomic E-state index is 11.7. The second-order valence-electron chi connectivity index (χ2n) is 5.32. The molecule has 1 aliphatic heterocycles. The van der Waals surface area contributed by atoms with Crippen LogP contribution in [-0.2, 0) is 4.79 Å². The molecule has 19 heavy (non-hydrogen) atoms. The van der Waals surface area contributed by atoms with Gasteiger partial charge < -0.3 is 9.64 Å². The largest absolute Gasteiger partial charge is 0.475 e. The van der Waals surface area contributed by atoms with Gasteiger partial charge in [-0.3, -0.25) is 4.79 Å². The molecule has 0 spiro atoms. The number of pyridine rings is 1. The number of hydrogen-bond donors (Lipinski definition) is 0. The average molecular weight is 262 g/mol. The van der Waals surface area contributed by atoms with Crippen LogP contribution in [0.2, 0.25) is 0 Å². The molecule has 4 heteroatoms. The van der Waals surface area contributed by atoms with Gasteiger partial charge in [0.1, 0.15) is 0 Å². The average Bonchev–Trinajstić information content (AvgIpc) is 2.39. The highest BCUT2D eigenvalue weighted by Crippen LogP contribution is 2.31. The third-order valence-electron chi connectivity index (χ3n) is 3.41. The van der Waals surface area contributed by atoms with Gasteiger partial charge in [0.15, 0.2) is 0 Å². The van der Waals surface area contributed by atoms with E-state index in [1.54, 1.807) is 6.92 Å². The minimum absolute atomic E-state index is 0.127. The molecule has 1 aliphatic rings. The van der Waals surface area contributed by atoms with Gasteiger partial charge in [-0.1, -0.05) is 6.07 Å². The Hall–Kier alpha value is -1.58. The molecule has 1 fully saturated rings. The van der Waals surface area contributed by atoms with Crippen molar-refractivity contribution in [2.75, 3.05) is 6.54 Å². The quantitative estimate of drug-likeness (QED) is 0.841. The molecular formula is C15H22N2O2. The van der Waals surface area contributed by atoms with Crippen molar-refractivity contribution in [3.05, 3.63) is 23.9 Å². The minimum atomic E-state index is 0.127. The topological polar surface area (TPSA) is 42.4 Å². The second-order valence-corrected chi connectivity index (χ2v) is 5.32. The van der Waals surface area contributed by atoms with Gasteiger partial charge in [-0.05, 0) is 38.7 Å². The van der Waals surface area contributed by atoms with Gasteiger partial charge in [0.25, 0.3) is 0 Å². The zero-order valence-electron chi connectivity index (χ0n) is 11.9. The number of carbonyl (C=O) groups is 1. The summed E-state index contributed by atoms with van der Waals surface area (Å²) in [4.78, 5) is 18.0. The molecule has 104 valence electrons. The molecule has 0 saturated carbocycles. The Morgan fingerprint density at radius 3 is 2.79 bits per heavy atom. The first-order valence-corrected chi connectivity index (χ1v) is 6.97. The maximum Gasteiger partial charge on any atom is 0.219 e. The van der Waals surface area contributed by atoms with E-state index in [1.165, 1.54) is 6.42 Å². The number of piperidine rings is 1. The Morgan fingerprint density at radius 2 is 2.21 bits per heavy atom. The van der Waals surface area contributed by atoms with Crippen molar-refractivity contribution in [1.82, 2.24) is 9.88 Å². The van der Waals surface area contributed by atoms with Crippen LogP contribution in [0.3, 0.4) is 0 Å². The van der Waals surface area contributed by atoms with E-state index in [2.05, 4.69) is 4.98 Å². The lowest BCUT2D eigenvalue weighted by Crippen LogP contribution is -2.36. The van der Waals surface area contributed by atoms with Gasteiger partial charge in [-0.25, -0.2) is 4.98 Å². The maximum absolute atomic E-state index is 11.7. The number of nitrogens with zero attached hydrogens (tertiary/aromatic N) is 2. The van der Waals surface area contributed by atoms with Crippen LogP contribution in [0, 0.1) is 0 Å². The highest BCUT2D eigenvalue weighted by atomic mass is 16.5. The summed E-state index contributed by atoms with van der Waals surface area (Å²) in [6.45, 7) is 6.45. The van der Waals surface area contributed by atoms with Crippen molar-refractivity contribution in [2.45, 2.75) is 52.2 Å². The molecule has 1 saturated heterocycles. The molecule has 1 aromatic rings. The van der Waals surface area contributed by atoms with E-state index in [4.69, 9.17) is 4.74 Å². The summed E-state index contributed by atoms with van der Waals surface area (Å²) in [5.74, 6) is 0.788. The summed E-state index contributed by atoms with van der Waals surface area (Å²) in [5.41, 5.74) is 1.10. The van der Waals surface area contributed by atoms with E-state index in [0.717, 1.165) is 24.9 Å². The summed E-state index contributed by atoms with van der Waals surface area (Å²) < 4.78 is 5.54. The van der Waals surface area contributed by atoms with Crippen molar-refractivity contribution in [3.8, 4) is 5.88 Å². The lowest BCUT2D eigenvalue weighted by atomic mass is 9.96. The third kappa shape index (κ3) is 3.46. The van der Waals surface area contributed by atoms with Gasteiger partial charge in [0.2, 0.25) is 11.8 Å². The van der Waals surface area contributed by atoms with Crippen LogP contribution in [0.4, 0.5) is 0 Å². The van der Waals surface area contributed by atoms with Crippen LogP contribution in [-0.4, -0.2) is 28.4 Å². The van der Waals surface area contributed by atoms with Gasteiger partial charge in [-0.15, -0.1) is 0 Å². The fourth-order valence-corrected chi connectivity index (χ4v) is 2.56. The van der Waals surface area contributed by atoms with Crippen molar-refractivity contribution < 1.29 is 9.53 Å². The summed E-state index contributed by atoms with van der Waals surface area (Å²) >= 11 is 0. The molecule has 0 aliphatic carbocycles. The van der Waals surface area contributed by atoms with Crippen molar-refractivity contribution in [1.29, 1.82) is 0 Å². The molecule has 4 nitrogen and oxygen atoms in total. The molecule has 2 heterocycles. The number of rotatable bonds is 3. The molecule has 1 aromatic heterocycles. The van der Waals surface area contributed by atoms with Crippen LogP contribution in [0.25, 0.3) is 0 Å². The predicted octanol–water partition coefficient (Wildman–Crippen LogP) is 2.94. The Kier molecular flexibility index (Phi) is 4.40. The number of hydrogen-bond acceptors (Lipinski definition) is 3. The molecule has 0 bridgehead atoms. The second kappa shape index (κ2) is 6.04. The summed E-state index contributed by atoms with van der Waals surface area (Å²) in [6.07, 6.45) is 5.24. The van der Waals surface area contributed by atoms with Crippen molar-refractivity contribution in [2.24, 2.45) is 0 Å². The Bertz CT molecular complexity index is 428. The van der Waals surface area contributed by atoms with Crippen LogP contribution in [0.5, 0.6) is 5.88 Å². The van der Waals surface area contributed by atoms with E-state index >= 15 is 0 Å². The number of carbonyl (C=O) groups excluding carboxylic acids is 1. The number of likely N-dealkylation sites (tertiary alicyclic amines) is 1. The Labute approximate surface area is 114 Å². The SMILES string of the molecule is CC(=O)N1CCCC[C@H]1c1ccc(OC(C)C)nc1. The molecule has 0 aromatic carbocycles. The predicted molar refractivity (Wildman–Crippen MR) is 74.0 cm³/mol. The van der Waals surface area contributed by atoms with Crippen LogP contribution in [0.1, 0.15) is 51.6 Å². The Balaban J connectivity index is 2.13. The van der Waals surface area contributed by atoms with Gasteiger partial charge in [0.05, 0.1) is 12.1 Å². The van der Waals surface area contributed by atoms with Crippen molar-refractivity contribution in [3.63, 3.8) is 0 Å². The number of ether oxygens (including phenoxy) is 1. The molecular weight excluding hydrogens is 240 g/mol. The molecule has 0 unspecified atom stereocenters. The van der Waals surface area contributed by atoms with E-state index in [-0.39, 0.29) is 18.1 Å². The lowest BCUT2D eigenvalue weighted by Gasteiger charge is -2.35. The zero-order chi connectivity index (χ0) is 13.8. The first kappa shape index (κ1) is 13.8. The fraction of sp³-hybridized carbons (Fsp3) is 0.600. The van der Waals surface area contributed by atoms with E-state index in [9.17, 15) is 4.79 Å². The van der Waals surface area contributed by atoms with E-state index < -0.39 is 0 Å². The first-order valence-electron chi connectivity index (χ1n) is 6.97. The third-order valence-corrected chi connectivity index (χ3v) is 3.41. The minimum Gasteiger partial charge on any atom is -0.475 e. The highest BCUT2D eigenvalue weighted by molar-refractivity contribution is 5.74. The van der Waals surface area contributed by atoms with Gasteiger partial charge >= 0.3 is 0 Å². The van der Waals surface area contributed by atoms with Crippen LogP contribution >= 0.6 is 0 Å². The van der Waals surface area contributed by atoms with Crippen LogP contribution in [0.15, 0.2) is 18.3 Å². The molecule has 1 amide bonds. The fourth-order valence-electron chi connectivity index (χ4n) is 2.56. The first-order chi connectivity index (χ1) is 9.08. The lowest BCUT2D eigenvalue weighted by molar-refractivity contribution is -0.132. The molecule has 1 atom stereocenters. The Morgan fingerprint density at radius 1 is 1.42 bits per heavy atom. The summed E-state index contributed by atoms with van der Waals surface area (Å²) in [5, 5.41) is 0. The van der Waals surface area contributed by atoms with E-state index in [1.807, 2.05) is 37.1 Å².